The summed E-state index contributed by atoms with van der Waals surface area (Å²) < 4.78 is 9.24. The van der Waals surface area contributed by atoms with Crippen LogP contribution < -0.4 is 0 Å². The van der Waals surface area contributed by atoms with Crippen LogP contribution in [0.25, 0.3) is 0 Å². The molecule has 0 aromatic rings. The first-order valence-corrected chi connectivity index (χ1v) is 3.90. The van der Waals surface area contributed by atoms with Crippen molar-refractivity contribution in [2.45, 2.75) is 37.3 Å². The molecule has 6 nitrogen and oxygen atoms in total. The number of ether oxygens (including phenoxy) is 2. The first kappa shape index (κ1) is 10.8. The maximum Gasteiger partial charge on any atom is 0.247 e. The molecule has 0 aromatic heterocycles. The predicted molar refractivity (Wildman–Crippen MR) is 40.5 cm³/mol. The van der Waals surface area contributed by atoms with Gasteiger partial charge in [0, 0.05) is 7.11 Å². The van der Waals surface area contributed by atoms with Crippen molar-refractivity contribution in [3.8, 4) is 0 Å². The van der Waals surface area contributed by atoms with Gasteiger partial charge in [0.25, 0.3) is 0 Å². The van der Waals surface area contributed by atoms with Crippen molar-refractivity contribution in [1.82, 2.24) is 0 Å². The molecular weight excluding hydrogens is 180 g/mol. The van der Waals surface area contributed by atoms with E-state index in [9.17, 15) is 20.4 Å². The molecule has 78 valence electrons. The molecule has 0 amide bonds. The minimum Gasteiger partial charge on any atom is -0.387 e. The minimum absolute atomic E-state index is 0.763. The van der Waals surface area contributed by atoms with Crippen LogP contribution in [0.3, 0.4) is 0 Å². The summed E-state index contributed by atoms with van der Waals surface area (Å²) in [5, 5.41) is 37.4. The second-order valence-electron chi connectivity index (χ2n) is 3.08. The van der Waals surface area contributed by atoms with Gasteiger partial charge >= 0.3 is 0 Å². The fourth-order valence-corrected chi connectivity index (χ4v) is 1.25. The number of methoxy groups -OCH3 is 1. The molecule has 1 fully saturated rings. The highest BCUT2D eigenvalue weighted by Crippen LogP contribution is 2.28. The van der Waals surface area contributed by atoms with Gasteiger partial charge in [0.2, 0.25) is 12.1 Å². The molecule has 1 aliphatic rings. The average Bonchev–Trinajstić information content (AvgIpc) is 2.11. The zero-order valence-electron chi connectivity index (χ0n) is 7.41. The zero-order valence-corrected chi connectivity index (χ0v) is 7.41. The van der Waals surface area contributed by atoms with E-state index in [1.807, 2.05) is 0 Å². The van der Waals surface area contributed by atoms with E-state index in [0.29, 0.717) is 0 Å². The monoisotopic (exact) mass is 194 g/mol. The SMILES string of the molecule is CO[C@@]1(O)[C@H](O)O[C@H](C)[C@H](O)[C@H]1O. The molecule has 0 aromatic carbocycles. The Bertz CT molecular complexity index is 186. The topological polar surface area (TPSA) is 99.4 Å². The molecule has 0 saturated carbocycles. The summed E-state index contributed by atoms with van der Waals surface area (Å²) in [5.41, 5.74) is 0. The largest absolute Gasteiger partial charge is 0.387 e. The van der Waals surface area contributed by atoms with E-state index < -0.39 is 30.4 Å². The summed E-state index contributed by atoms with van der Waals surface area (Å²) in [6.07, 6.45) is -5.34. The fourth-order valence-electron chi connectivity index (χ4n) is 1.25. The van der Waals surface area contributed by atoms with Gasteiger partial charge in [-0.1, -0.05) is 0 Å². The molecule has 4 N–H and O–H groups in total. The average molecular weight is 194 g/mol. The molecule has 0 bridgehead atoms. The van der Waals surface area contributed by atoms with Crippen LogP contribution >= 0.6 is 0 Å². The van der Waals surface area contributed by atoms with Crippen LogP contribution in [-0.4, -0.2) is 57.9 Å². The molecule has 6 heteroatoms. The maximum atomic E-state index is 9.50. The Kier molecular flexibility index (Phi) is 2.91. The summed E-state index contributed by atoms with van der Waals surface area (Å²) in [4.78, 5) is 0. The molecule has 1 saturated heterocycles. The highest BCUT2D eigenvalue weighted by Gasteiger charge is 2.54. The molecule has 5 atom stereocenters. The lowest BCUT2D eigenvalue weighted by atomic mass is 9.96. The number of hydrogen-bond acceptors (Lipinski definition) is 6. The molecule has 0 spiro atoms. The van der Waals surface area contributed by atoms with Crippen molar-refractivity contribution < 1.29 is 29.9 Å². The van der Waals surface area contributed by atoms with E-state index in [1.54, 1.807) is 0 Å². The lowest BCUT2D eigenvalue weighted by Gasteiger charge is -2.44. The second kappa shape index (κ2) is 3.49. The van der Waals surface area contributed by atoms with E-state index in [0.717, 1.165) is 7.11 Å². The van der Waals surface area contributed by atoms with E-state index in [2.05, 4.69) is 4.74 Å². The Labute approximate surface area is 75.3 Å². The quantitative estimate of drug-likeness (QED) is 0.353. The van der Waals surface area contributed by atoms with Crippen molar-refractivity contribution in [2.24, 2.45) is 0 Å². The summed E-state index contributed by atoms with van der Waals surface area (Å²) >= 11 is 0. The third-order valence-corrected chi connectivity index (χ3v) is 2.25. The molecular formula is C7H14O6. The first-order valence-electron chi connectivity index (χ1n) is 3.90. The molecule has 1 rings (SSSR count). The van der Waals surface area contributed by atoms with E-state index in [1.165, 1.54) is 6.92 Å². The lowest BCUT2D eigenvalue weighted by molar-refractivity contribution is -0.398. The maximum absolute atomic E-state index is 9.50. The van der Waals surface area contributed by atoms with Gasteiger partial charge in [-0.15, -0.1) is 0 Å². The van der Waals surface area contributed by atoms with Crippen LogP contribution in [0.2, 0.25) is 0 Å². The van der Waals surface area contributed by atoms with Gasteiger partial charge in [-0.3, -0.25) is 0 Å². The van der Waals surface area contributed by atoms with Crippen molar-refractivity contribution in [2.75, 3.05) is 7.11 Å². The van der Waals surface area contributed by atoms with Crippen LogP contribution in [-0.2, 0) is 9.47 Å². The normalized spacial score (nSPS) is 52.2. The number of aliphatic hydroxyl groups excluding tert-OH is 3. The highest BCUT2D eigenvalue weighted by atomic mass is 16.7. The molecule has 13 heavy (non-hydrogen) atoms. The molecule has 0 unspecified atom stereocenters. The molecule has 1 aliphatic heterocycles. The standard InChI is InChI=1S/C7H14O6/c1-3-4(8)5(9)7(11,12-2)6(10)13-3/h3-6,8-11H,1-2H3/t3-,4+,5-,6-,7-/m1/s1. The summed E-state index contributed by atoms with van der Waals surface area (Å²) in [6, 6.07) is 0. The van der Waals surface area contributed by atoms with Crippen molar-refractivity contribution >= 4 is 0 Å². The Balaban J connectivity index is 2.85. The van der Waals surface area contributed by atoms with Gasteiger partial charge in [-0.05, 0) is 6.92 Å². The summed E-state index contributed by atoms with van der Waals surface area (Å²) in [5.74, 6) is -2.27. The van der Waals surface area contributed by atoms with Gasteiger partial charge in [0.15, 0.2) is 0 Å². The van der Waals surface area contributed by atoms with Crippen molar-refractivity contribution in [3.05, 3.63) is 0 Å². The lowest BCUT2D eigenvalue weighted by Crippen LogP contribution is -2.66. The Morgan fingerprint density at radius 2 is 1.85 bits per heavy atom. The third kappa shape index (κ3) is 1.56. The van der Waals surface area contributed by atoms with E-state index in [-0.39, 0.29) is 0 Å². The smallest absolute Gasteiger partial charge is 0.247 e. The number of aliphatic hydroxyl groups is 4. The Morgan fingerprint density at radius 1 is 1.31 bits per heavy atom. The second-order valence-corrected chi connectivity index (χ2v) is 3.08. The van der Waals surface area contributed by atoms with E-state index in [4.69, 9.17) is 4.74 Å². The van der Waals surface area contributed by atoms with Crippen molar-refractivity contribution in [3.63, 3.8) is 0 Å². The summed E-state index contributed by atoms with van der Waals surface area (Å²) in [7, 11) is 1.10. The third-order valence-electron chi connectivity index (χ3n) is 2.25. The molecule has 0 radical (unpaired) electrons. The van der Waals surface area contributed by atoms with Crippen LogP contribution in [0.5, 0.6) is 0 Å². The Morgan fingerprint density at radius 3 is 2.31 bits per heavy atom. The van der Waals surface area contributed by atoms with E-state index >= 15 is 0 Å². The first-order chi connectivity index (χ1) is 5.93. The van der Waals surface area contributed by atoms with Gasteiger partial charge < -0.3 is 29.9 Å². The summed E-state index contributed by atoms with van der Waals surface area (Å²) in [6.45, 7) is 1.46. The highest BCUT2D eigenvalue weighted by molar-refractivity contribution is 4.92. The molecule has 1 heterocycles. The number of rotatable bonds is 1. The number of hydrogen-bond donors (Lipinski definition) is 4. The van der Waals surface area contributed by atoms with Gasteiger partial charge in [-0.25, -0.2) is 0 Å². The van der Waals surface area contributed by atoms with Crippen molar-refractivity contribution in [1.29, 1.82) is 0 Å². The fraction of sp³-hybridized carbons (Fsp3) is 1.00. The predicted octanol–water partition coefficient (Wildman–Crippen LogP) is -2.22. The minimum atomic E-state index is -2.27. The molecule has 0 aliphatic carbocycles. The van der Waals surface area contributed by atoms with Crippen LogP contribution in [0, 0.1) is 0 Å². The zero-order chi connectivity index (χ0) is 10.2. The van der Waals surface area contributed by atoms with Gasteiger partial charge in [-0.2, -0.15) is 0 Å². The van der Waals surface area contributed by atoms with Crippen LogP contribution in [0.15, 0.2) is 0 Å². The van der Waals surface area contributed by atoms with Gasteiger partial charge in [0.05, 0.1) is 6.10 Å². The van der Waals surface area contributed by atoms with Crippen LogP contribution in [0.4, 0.5) is 0 Å². The van der Waals surface area contributed by atoms with Crippen LogP contribution in [0.1, 0.15) is 6.92 Å². The van der Waals surface area contributed by atoms with Gasteiger partial charge in [0.1, 0.15) is 12.2 Å². The Hall–Kier alpha value is -0.240.